The maximum absolute atomic E-state index is 5.61. The Kier molecular flexibility index (Phi) is 4.88. The van der Waals surface area contributed by atoms with Crippen molar-refractivity contribution in [2.24, 2.45) is 5.92 Å². The Morgan fingerprint density at radius 3 is 2.60 bits per heavy atom. The molecule has 0 N–H and O–H groups in total. The van der Waals surface area contributed by atoms with E-state index >= 15 is 0 Å². The molecule has 1 heterocycles. The fourth-order valence-corrected chi connectivity index (χ4v) is 1.38. The summed E-state index contributed by atoms with van der Waals surface area (Å²) in [7, 11) is 0. The highest BCUT2D eigenvalue weighted by Gasteiger charge is 2.14. The summed E-state index contributed by atoms with van der Waals surface area (Å²) in [6, 6.07) is 0.577. The van der Waals surface area contributed by atoms with Crippen LogP contribution in [0.3, 0.4) is 0 Å². The molecule has 0 spiro atoms. The molecule has 0 aliphatic heterocycles. The van der Waals surface area contributed by atoms with Gasteiger partial charge in [0.15, 0.2) is 0 Å². The van der Waals surface area contributed by atoms with Gasteiger partial charge in [0, 0.05) is 13.1 Å². The summed E-state index contributed by atoms with van der Waals surface area (Å²) in [6.07, 6.45) is 1.15. The minimum Gasteiger partial charge on any atom is -0.407 e. The summed E-state index contributed by atoms with van der Waals surface area (Å²) in [4.78, 5) is 2.08. The molecular formula is C10H18ClN3O. The summed E-state index contributed by atoms with van der Waals surface area (Å²) in [5.41, 5.74) is 0. The normalized spacial score (nSPS) is 12.8. The highest BCUT2D eigenvalue weighted by atomic mass is 35.5. The number of alkyl halides is 1. The Morgan fingerprint density at radius 1 is 1.40 bits per heavy atom. The van der Waals surface area contributed by atoms with Crippen LogP contribution in [0.2, 0.25) is 0 Å². The molecule has 1 rings (SSSR count). The molecule has 0 aliphatic rings. The van der Waals surface area contributed by atoms with Gasteiger partial charge in [-0.3, -0.25) is 0 Å². The molecule has 0 bridgehead atoms. The van der Waals surface area contributed by atoms with Crippen LogP contribution >= 0.6 is 11.6 Å². The predicted octanol–water partition coefficient (Wildman–Crippen LogP) is 2.68. The molecule has 0 aliphatic carbocycles. The quantitative estimate of drug-likeness (QED) is 0.706. The van der Waals surface area contributed by atoms with Crippen molar-refractivity contribution in [3.8, 4) is 0 Å². The smallest absolute Gasteiger partial charge is 0.318 e. The molecule has 5 heteroatoms. The molecule has 0 saturated heterocycles. The third kappa shape index (κ3) is 3.38. The van der Waals surface area contributed by atoms with Crippen LogP contribution in [-0.2, 0) is 5.88 Å². The maximum atomic E-state index is 5.61. The van der Waals surface area contributed by atoms with Gasteiger partial charge >= 0.3 is 6.01 Å². The van der Waals surface area contributed by atoms with Gasteiger partial charge in [0.05, 0.1) is 0 Å². The average Bonchev–Trinajstić information content (AvgIpc) is 2.73. The van der Waals surface area contributed by atoms with Crippen molar-refractivity contribution in [3.05, 3.63) is 5.89 Å². The molecular weight excluding hydrogens is 214 g/mol. The van der Waals surface area contributed by atoms with Crippen molar-refractivity contribution in [3.63, 3.8) is 0 Å². The lowest BCUT2D eigenvalue weighted by Crippen LogP contribution is -2.28. The van der Waals surface area contributed by atoms with Gasteiger partial charge < -0.3 is 9.32 Å². The largest absolute Gasteiger partial charge is 0.407 e. The van der Waals surface area contributed by atoms with E-state index in [-0.39, 0.29) is 5.88 Å². The Bertz CT molecular complexity index is 290. The topological polar surface area (TPSA) is 42.2 Å². The van der Waals surface area contributed by atoms with E-state index in [1.807, 2.05) is 0 Å². The number of rotatable bonds is 6. The van der Waals surface area contributed by atoms with Crippen LogP contribution < -0.4 is 4.90 Å². The fourth-order valence-electron chi connectivity index (χ4n) is 1.27. The third-order valence-electron chi connectivity index (χ3n) is 2.45. The van der Waals surface area contributed by atoms with Crippen LogP contribution in [0.25, 0.3) is 0 Å². The first-order valence-corrected chi connectivity index (χ1v) is 5.87. The van der Waals surface area contributed by atoms with E-state index in [9.17, 15) is 0 Å². The lowest BCUT2D eigenvalue weighted by atomic mass is 10.1. The first-order chi connectivity index (χ1) is 7.21. The average molecular weight is 232 g/mol. The van der Waals surface area contributed by atoms with Gasteiger partial charge in [0.2, 0.25) is 5.89 Å². The van der Waals surface area contributed by atoms with E-state index in [0.29, 0.717) is 17.8 Å². The highest BCUT2D eigenvalue weighted by Crippen LogP contribution is 2.15. The Labute approximate surface area is 95.6 Å². The molecule has 1 unspecified atom stereocenters. The number of hydrogen-bond acceptors (Lipinski definition) is 4. The van der Waals surface area contributed by atoms with Gasteiger partial charge in [0.1, 0.15) is 5.88 Å². The number of aromatic nitrogens is 2. The zero-order valence-corrected chi connectivity index (χ0v) is 10.3. The summed E-state index contributed by atoms with van der Waals surface area (Å²) in [6.45, 7) is 8.27. The molecule has 86 valence electrons. The Balaban J connectivity index is 2.65. The predicted molar refractivity (Wildman–Crippen MR) is 61.2 cm³/mol. The SMILES string of the molecule is CCC(C)CN(CC)c1nnc(CCl)o1. The second-order valence-corrected chi connectivity index (χ2v) is 3.93. The van der Waals surface area contributed by atoms with Crippen LogP contribution in [-0.4, -0.2) is 23.3 Å². The van der Waals surface area contributed by atoms with Crippen molar-refractivity contribution < 1.29 is 4.42 Å². The Morgan fingerprint density at radius 2 is 2.13 bits per heavy atom. The van der Waals surface area contributed by atoms with Gasteiger partial charge in [-0.25, -0.2) is 0 Å². The van der Waals surface area contributed by atoms with Crippen molar-refractivity contribution in [1.29, 1.82) is 0 Å². The second-order valence-electron chi connectivity index (χ2n) is 3.66. The standard InChI is InChI=1S/C10H18ClN3O/c1-4-8(3)7-14(5-2)10-13-12-9(6-11)15-10/h8H,4-7H2,1-3H3. The molecule has 1 aromatic heterocycles. The fraction of sp³-hybridized carbons (Fsp3) is 0.800. The van der Waals surface area contributed by atoms with Crippen LogP contribution in [0, 0.1) is 5.92 Å². The zero-order valence-electron chi connectivity index (χ0n) is 9.53. The number of halogens is 1. The minimum absolute atomic E-state index is 0.272. The van der Waals surface area contributed by atoms with E-state index in [0.717, 1.165) is 19.5 Å². The monoisotopic (exact) mass is 231 g/mol. The molecule has 1 aromatic rings. The minimum atomic E-state index is 0.272. The lowest BCUT2D eigenvalue weighted by Gasteiger charge is -2.21. The molecule has 0 radical (unpaired) electrons. The van der Waals surface area contributed by atoms with Crippen LogP contribution in [0.1, 0.15) is 33.1 Å². The summed E-state index contributed by atoms with van der Waals surface area (Å²) < 4.78 is 5.40. The first kappa shape index (κ1) is 12.3. The molecule has 0 aromatic carbocycles. The number of hydrogen-bond donors (Lipinski definition) is 0. The van der Waals surface area contributed by atoms with E-state index < -0.39 is 0 Å². The highest BCUT2D eigenvalue weighted by molar-refractivity contribution is 6.16. The van der Waals surface area contributed by atoms with Gasteiger partial charge in [-0.15, -0.1) is 16.7 Å². The molecule has 15 heavy (non-hydrogen) atoms. The zero-order chi connectivity index (χ0) is 11.3. The van der Waals surface area contributed by atoms with Crippen LogP contribution in [0.15, 0.2) is 4.42 Å². The molecule has 0 amide bonds. The van der Waals surface area contributed by atoms with Gasteiger partial charge in [-0.2, -0.15) is 0 Å². The second kappa shape index (κ2) is 5.95. The van der Waals surface area contributed by atoms with Gasteiger partial charge in [0.25, 0.3) is 0 Å². The van der Waals surface area contributed by atoms with E-state index in [4.69, 9.17) is 16.0 Å². The molecule has 0 saturated carbocycles. The first-order valence-electron chi connectivity index (χ1n) is 5.34. The summed E-state index contributed by atoms with van der Waals surface area (Å²) >= 11 is 5.61. The Hall–Kier alpha value is -0.770. The van der Waals surface area contributed by atoms with Crippen molar-refractivity contribution in [2.75, 3.05) is 18.0 Å². The van der Waals surface area contributed by atoms with E-state index in [2.05, 4.69) is 35.9 Å². The van der Waals surface area contributed by atoms with Crippen molar-refractivity contribution in [2.45, 2.75) is 33.1 Å². The van der Waals surface area contributed by atoms with Crippen molar-refractivity contribution in [1.82, 2.24) is 10.2 Å². The van der Waals surface area contributed by atoms with Gasteiger partial charge in [-0.05, 0) is 12.8 Å². The number of anilines is 1. The summed E-state index contributed by atoms with van der Waals surface area (Å²) in [5.74, 6) is 1.37. The van der Waals surface area contributed by atoms with Crippen molar-refractivity contribution >= 4 is 17.6 Å². The maximum Gasteiger partial charge on any atom is 0.318 e. The number of nitrogens with zero attached hydrogens (tertiary/aromatic N) is 3. The van der Waals surface area contributed by atoms with Crippen LogP contribution in [0.5, 0.6) is 0 Å². The van der Waals surface area contributed by atoms with E-state index in [1.165, 1.54) is 0 Å². The molecule has 4 nitrogen and oxygen atoms in total. The van der Waals surface area contributed by atoms with E-state index in [1.54, 1.807) is 0 Å². The molecule has 0 fully saturated rings. The third-order valence-corrected chi connectivity index (χ3v) is 2.68. The van der Waals surface area contributed by atoms with Gasteiger partial charge in [-0.1, -0.05) is 25.4 Å². The van der Waals surface area contributed by atoms with Crippen LogP contribution in [0.4, 0.5) is 6.01 Å². The molecule has 1 atom stereocenters. The lowest BCUT2D eigenvalue weighted by molar-refractivity contribution is 0.472. The summed E-state index contributed by atoms with van der Waals surface area (Å²) in [5, 5.41) is 7.82.